The molecule has 1 aromatic rings. The van der Waals surface area contributed by atoms with E-state index in [1.165, 1.54) is 18.4 Å². The monoisotopic (exact) mass is 293 g/mol. The highest BCUT2D eigenvalue weighted by molar-refractivity contribution is 7.90. The minimum Gasteiger partial charge on any atom is -0.327 e. The van der Waals surface area contributed by atoms with Crippen LogP contribution in [0.4, 0.5) is 4.39 Å². The molecule has 0 aliphatic heterocycles. The predicted octanol–water partition coefficient (Wildman–Crippen LogP) is 2.17. The average Bonchev–Trinajstić information content (AvgIpc) is 2.22. The number of nitrogens with two attached hydrogens (primary N) is 1. The van der Waals surface area contributed by atoms with Gasteiger partial charge in [0.05, 0.1) is 0 Å². The fraction of sp³-hybridized carbons (Fsp3) is 0.500. The van der Waals surface area contributed by atoms with E-state index in [1.54, 1.807) is 6.07 Å². The Morgan fingerprint density at radius 3 is 2.67 bits per heavy atom. The Balaban J connectivity index is 2.52. The molecule has 0 bridgehead atoms. The molecule has 0 saturated carbocycles. The summed E-state index contributed by atoms with van der Waals surface area (Å²) in [5.74, 6) is -0.271. The lowest BCUT2D eigenvalue weighted by Gasteiger charge is -2.13. The molecule has 1 aromatic carbocycles. The highest BCUT2D eigenvalue weighted by Gasteiger charge is 2.12. The first-order chi connectivity index (χ1) is 8.29. The molecule has 3 nitrogen and oxygen atoms in total. The van der Waals surface area contributed by atoms with Crippen molar-refractivity contribution >= 4 is 21.4 Å². The van der Waals surface area contributed by atoms with Gasteiger partial charge in [0.1, 0.15) is 15.7 Å². The summed E-state index contributed by atoms with van der Waals surface area (Å²) in [7, 11) is -2.96. The molecule has 1 atom stereocenters. The van der Waals surface area contributed by atoms with Crippen molar-refractivity contribution in [3.8, 4) is 0 Å². The molecule has 6 heteroatoms. The van der Waals surface area contributed by atoms with Crippen LogP contribution in [-0.2, 0) is 16.3 Å². The first-order valence-corrected chi connectivity index (χ1v) is 8.09. The third-order valence-electron chi connectivity index (χ3n) is 2.62. The molecule has 0 heterocycles. The van der Waals surface area contributed by atoms with E-state index in [9.17, 15) is 12.8 Å². The van der Waals surface area contributed by atoms with Gasteiger partial charge >= 0.3 is 0 Å². The van der Waals surface area contributed by atoms with Gasteiger partial charge in [-0.05, 0) is 31.4 Å². The number of sulfone groups is 1. The van der Waals surface area contributed by atoms with Gasteiger partial charge in [-0.3, -0.25) is 0 Å². The van der Waals surface area contributed by atoms with Gasteiger partial charge in [-0.1, -0.05) is 17.7 Å². The fourth-order valence-corrected chi connectivity index (χ4v) is 2.63. The normalized spacial score (nSPS) is 13.6. The lowest BCUT2D eigenvalue weighted by atomic mass is 10.0. The first kappa shape index (κ1) is 15.4. The van der Waals surface area contributed by atoms with Gasteiger partial charge in [0.15, 0.2) is 0 Å². The lowest BCUT2D eigenvalue weighted by Crippen LogP contribution is -2.24. The molecule has 0 aliphatic rings. The summed E-state index contributed by atoms with van der Waals surface area (Å²) in [4.78, 5) is 0. The van der Waals surface area contributed by atoms with Crippen molar-refractivity contribution in [2.45, 2.75) is 25.3 Å². The second kappa shape index (κ2) is 6.50. The Labute approximate surface area is 112 Å². The van der Waals surface area contributed by atoms with Gasteiger partial charge in [0, 0.05) is 28.6 Å². The Bertz CT molecular complexity index is 485. The molecule has 1 rings (SSSR count). The van der Waals surface area contributed by atoms with Gasteiger partial charge in [-0.25, -0.2) is 12.8 Å². The Hall–Kier alpha value is -0.650. The van der Waals surface area contributed by atoms with Crippen LogP contribution in [0.3, 0.4) is 0 Å². The van der Waals surface area contributed by atoms with Crippen molar-refractivity contribution < 1.29 is 12.8 Å². The quantitative estimate of drug-likeness (QED) is 0.874. The Kier molecular flexibility index (Phi) is 5.56. The number of rotatable bonds is 6. The van der Waals surface area contributed by atoms with E-state index in [0.717, 1.165) is 0 Å². The topological polar surface area (TPSA) is 60.2 Å². The number of benzene rings is 1. The van der Waals surface area contributed by atoms with Crippen LogP contribution in [-0.4, -0.2) is 26.5 Å². The number of hydrogen-bond donors (Lipinski definition) is 1. The summed E-state index contributed by atoms with van der Waals surface area (Å²) >= 11 is 5.89. The third-order valence-corrected chi connectivity index (χ3v) is 4.00. The summed E-state index contributed by atoms with van der Waals surface area (Å²) in [5, 5.41) is 0.355. The van der Waals surface area contributed by atoms with Crippen molar-refractivity contribution in [2.24, 2.45) is 5.73 Å². The molecule has 1 unspecified atom stereocenters. The van der Waals surface area contributed by atoms with Crippen LogP contribution in [0.25, 0.3) is 0 Å². The number of halogens is 2. The minimum absolute atomic E-state index is 0.103. The maximum Gasteiger partial charge on any atom is 0.147 e. The molecular weight excluding hydrogens is 277 g/mol. The molecule has 0 fully saturated rings. The highest BCUT2D eigenvalue weighted by Crippen LogP contribution is 2.21. The van der Waals surface area contributed by atoms with Crippen LogP contribution in [0.5, 0.6) is 0 Å². The van der Waals surface area contributed by atoms with Crippen molar-refractivity contribution in [3.63, 3.8) is 0 Å². The molecule has 0 amide bonds. The minimum atomic E-state index is -2.96. The van der Waals surface area contributed by atoms with E-state index in [1.807, 2.05) is 0 Å². The molecule has 102 valence electrons. The molecule has 2 N–H and O–H groups in total. The maximum atomic E-state index is 13.5. The van der Waals surface area contributed by atoms with Crippen LogP contribution >= 0.6 is 11.6 Å². The maximum absolute atomic E-state index is 13.5. The largest absolute Gasteiger partial charge is 0.327 e. The molecule has 0 aromatic heterocycles. The van der Waals surface area contributed by atoms with E-state index in [0.29, 0.717) is 29.8 Å². The standard InChI is InChI=1S/C12H17ClFNO2S/c1-18(16,17)7-3-4-9(15)8-10-11(13)5-2-6-12(10)14/h2,5-6,9H,3-4,7-8,15H2,1H3. The Morgan fingerprint density at radius 2 is 2.11 bits per heavy atom. The zero-order chi connectivity index (χ0) is 13.8. The van der Waals surface area contributed by atoms with Crippen LogP contribution in [0, 0.1) is 5.82 Å². The number of hydrogen-bond acceptors (Lipinski definition) is 3. The third kappa shape index (κ3) is 5.33. The van der Waals surface area contributed by atoms with E-state index >= 15 is 0 Å². The van der Waals surface area contributed by atoms with Crippen molar-refractivity contribution in [1.82, 2.24) is 0 Å². The highest BCUT2D eigenvalue weighted by atomic mass is 35.5. The van der Waals surface area contributed by atoms with E-state index in [2.05, 4.69) is 0 Å². The van der Waals surface area contributed by atoms with Crippen molar-refractivity contribution in [1.29, 1.82) is 0 Å². The Morgan fingerprint density at radius 1 is 1.44 bits per heavy atom. The summed E-state index contributed by atoms with van der Waals surface area (Å²) < 4.78 is 35.4. The predicted molar refractivity (Wildman–Crippen MR) is 72.0 cm³/mol. The van der Waals surface area contributed by atoms with E-state index in [4.69, 9.17) is 17.3 Å². The fourth-order valence-electron chi connectivity index (χ4n) is 1.70. The van der Waals surface area contributed by atoms with E-state index < -0.39 is 9.84 Å². The molecule has 0 saturated heterocycles. The van der Waals surface area contributed by atoms with Crippen LogP contribution in [0.1, 0.15) is 18.4 Å². The lowest BCUT2D eigenvalue weighted by molar-refractivity contribution is 0.556. The zero-order valence-electron chi connectivity index (χ0n) is 10.2. The van der Waals surface area contributed by atoms with E-state index in [-0.39, 0.29) is 17.6 Å². The van der Waals surface area contributed by atoms with Gasteiger partial charge in [0.25, 0.3) is 0 Å². The van der Waals surface area contributed by atoms with Crippen LogP contribution in [0.15, 0.2) is 18.2 Å². The second-order valence-corrected chi connectivity index (χ2v) is 7.10. The zero-order valence-corrected chi connectivity index (χ0v) is 11.8. The average molecular weight is 294 g/mol. The SMILES string of the molecule is CS(=O)(=O)CCCC(N)Cc1c(F)cccc1Cl. The van der Waals surface area contributed by atoms with Crippen molar-refractivity contribution in [2.75, 3.05) is 12.0 Å². The van der Waals surface area contributed by atoms with Gasteiger partial charge in [0.2, 0.25) is 0 Å². The molecule has 0 aliphatic carbocycles. The van der Waals surface area contributed by atoms with Gasteiger partial charge < -0.3 is 5.73 Å². The smallest absolute Gasteiger partial charge is 0.147 e. The van der Waals surface area contributed by atoms with Gasteiger partial charge in [-0.15, -0.1) is 0 Å². The van der Waals surface area contributed by atoms with Crippen molar-refractivity contribution in [3.05, 3.63) is 34.6 Å². The van der Waals surface area contributed by atoms with Crippen LogP contribution in [0.2, 0.25) is 5.02 Å². The second-order valence-electron chi connectivity index (χ2n) is 4.44. The van der Waals surface area contributed by atoms with Gasteiger partial charge in [-0.2, -0.15) is 0 Å². The first-order valence-electron chi connectivity index (χ1n) is 5.66. The summed E-state index contributed by atoms with van der Waals surface area (Å²) in [6.07, 6.45) is 2.51. The summed E-state index contributed by atoms with van der Waals surface area (Å²) in [5.41, 5.74) is 6.25. The summed E-state index contributed by atoms with van der Waals surface area (Å²) in [6.45, 7) is 0. The molecule has 18 heavy (non-hydrogen) atoms. The molecule has 0 spiro atoms. The molecule has 0 radical (unpaired) electrons. The summed E-state index contributed by atoms with van der Waals surface area (Å²) in [6, 6.07) is 4.20. The molecular formula is C12H17ClFNO2S. The van der Waals surface area contributed by atoms with Crippen LogP contribution < -0.4 is 5.73 Å².